The number of H-pyrrole nitrogens is 1. The molecule has 0 unspecified atom stereocenters. The number of piperidine rings is 1. The molecule has 6 N–H and O–H groups in total. The average Bonchev–Trinajstić information content (AvgIpc) is 3.30. The third kappa shape index (κ3) is 4.67. The van der Waals surface area contributed by atoms with Crippen molar-refractivity contribution in [3.8, 4) is 5.75 Å². The highest BCUT2D eigenvalue weighted by molar-refractivity contribution is 7.94. The molecule has 0 aliphatic carbocycles. The molecule has 0 bridgehead atoms. The summed E-state index contributed by atoms with van der Waals surface area (Å²) in [5.41, 5.74) is 2.47. The van der Waals surface area contributed by atoms with Gasteiger partial charge < -0.3 is 20.1 Å². The van der Waals surface area contributed by atoms with Crippen LogP contribution in [0.15, 0.2) is 59.5 Å². The number of carbonyl (C=O) groups is 2. The highest BCUT2D eigenvalue weighted by Crippen LogP contribution is 2.32. The topological polar surface area (TPSA) is 164 Å². The number of aromatic nitrogens is 1. The third-order valence-electron chi connectivity index (χ3n) is 6.36. The number of nitrogens with one attached hydrogen (secondary N) is 3. The van der Waals surface area contributed by atoms with Crippen molar-refractivity contribution in [3.63, 3.8) is 0 Å². The number of Topliss-reactive ketones (excluding diaryl/α,β-unsaturated/α-hetero) is 1. The zero-order chi connectivity index (χ0) is 25.1. The number of hydrazine groups is 1. The van der Waals surface area contributed by atoms with E-state index in [1.54, 1.807) is 24.3 Å². The van der Waals surface area contributed by atoms with E-state index in [-0.39, 0.29) is 10.6 Å². The second-order valence-corrected chi connectivity index (χ2v) is 10.8. The molecule has 1 fully saturated rings. The van der Waals surface area contributed by atoms with Gasteiger partial charge in [-0.2, -0.15) is 0 Å². The van der Waals surface area contributed by atoms with Crippen LogP contribution < -0.4 is 21.3 Å². The maximum atomic E-state index is 13.6. The van der Waals surface area contributed by atoms with Crippen LogP contribution in [0.1, 0.15) is 23.3 Å². The van der Waals surface area contributed by atoms with Crippen LogP contribution in [0.5, 0.6) is 5.75 Å². The van der Waals surface area contributed by atoms with E-state index in [0.717, 1.165) is 25.9 Å². The Hall–Kier alpha value is -3.25. The van der Waals surface area contributed by atoms with Crippen LogP contribution in [0, 0.1) is 5.92 Å². The van der Waals surface area contributed by atoms with Crippen molar-refractivity contribution < 1.29 is 27.9 Å². The molecule has 10 nitrogen and oxygen atoms in total. The first-order valence-corrected chi connectivity index (χ1v) is 12.8. The van der Waals surface area contributed by atoms with Gasteiger partial charge in [0.1, 0.15) is 5.75 Å². The number of fused-ring (bicyclic) bond motifs is 1. The Bertz CT molecular complexity index is 1320. The molecule has 11 heteroatoms. The fraction of sp³-hybridized carbons (Fsp3) is 0.333. The predicted octanol–water partition coefficient (Wildman–Crippen LogP) is 1.49. The summed E-state index contributed by atoms with van der Waals surface area (Å²) in [6.07, 6.45) is 2.07. The van der Waals surface area contributed by atoms with Gasteiger partial charge in [0.2, 0.25) is 15.6 Å². The number of carbonyl (C=O) groups excluding carboxylic acids is 1. The Morgan fingerprint density at radius 2 is 1.83 bits per heavy atom. The molecular weight excluding hydrogens is 472 g/mol. The second kappa shape index (κ2) is 10.2. The lowest BCUT2D eigenvalue weighted by Gasteiger charge is -2.27. The number of benzene rings is 2. The largest absolute Gasteiger partial charge is 0.493 e. The number of ether oxygens (including phenoxy) is 1. The molecular formula is C24H28N4O6S. The van der Waals surface area contributed by atoms with Crippen LogP contribution in [-0.2, 0) is 14.6 Å². The van der Waals surface area contributed by atoms with Crippen LogP contribution >= 0.6 is 0 Å². The highest BCUT2D eigenvalue weighted by atomic mass is 32.2. The number of sulfone groups is 1. The summed E-state index contributed by atoms with van der Waals surface area (Å²) in [7, 11) is -4.68. The lowest BCUT2D eigenvalue weighted by Crippen LogP contribution is -2.60. The normalized spacial score (nSPS) is 16.6. The molecule has 1 saturated heterocycles. The lowest BCUT2D eigenvalue weighted by molar-refractivity contribution is -0.138. The number of nitrogens with two attached hydrogens (primary N) is 1. The zero-order valence-corrected chi connectivity index (χ0v) is 19.8. The number of rotatable bonds is 10. The van der Waals surface area contributed by atoms with Gasteiger partial charge in [0.15, 0.2) is 0 Å². The maximum absolute atomic E-state index is 13.6. The average molecular weight is 501 g/mol. The van der Waals surface area contributed by atoms with Crippen LogP contribution in [0.2, 0.25) is 0 Å². The minimum atomic E-state index is -4.68. The zero-order valence-electron chi connectivity index (χ0n) is 19.0. The lowest BCUT2D eigenvalue weighted by atomic mass is 9.99. The van der Waals surface area contributed by atoms with Gasteiger partial charge in [0.05, 0.1) is 17.2 Å². The molecule has 2 heterocycles. The van der Waals surface area contributed by atoms with Crippen molar-refractivity contribution in [2.24, 2.45) is 11.8 Å². The van der Waals surface area contributed by atoms with Gasteiger partial charge in [0, 0.05) is 17.4 Å². The van der Waals surface area contributed by atoms with Crippen molar-refractivity contribution in [2.45, 2.75) is 22.5 Å². The van der Waals surface area contributed by atoms with Crippen molar-refractivity contribution in [1.82, 2.24) is 15.7 Å². The Kier molecular flexibility index (Phi) is 7.22. The molecule has 1 atom stereocenters. The van der Waals surface area contributed by atoms with Gasteiger partial charge in [0.25, 0.3) is 4.75 Å². The summed E-state index contributed by atoms with van der Waals surface area (Å²) < 4.78 is 30.0. The van der Waals surface area contributed by atoms with Gasteiger partial charge in [-0.15, -0.1) is 0 Å². The summed E-state index contributed by atoms with van der Waals surface area (Å²) in [5, 5.41) is 14.0. The maximum Gasteiger partial charge on any atom is 0.335 e. The van der Waals surface area contributed by atoms with Crippen LogP contribution in [0.25, 0.3) is 10.9 Å². The van der Waals surface area contributed by atoms with Gasteiger partial charge >= 0.3 is 5.97 Å². The monoisotopic (exact) mass is 500 g/mol. The summed E-state index contributed by atoms with van der Waals surface area (Å²) in [4.78, 5) is 28.6. The molecule has 0 saturated carbocycles. The fourth-order valence-corrected chi connectivity index (χ4v) is 6.11. The molecule has 1 aliphatic rings. The van der Waals surface area contributed by atoms with E-state index in [1.165, 1.54) is 30.3 Å². The highest BCUT2D eigenvalue weighted by Gasteiger charge is 2.58. The van der Waals surface area contributed by atoms with Gasteiger partial charge in [-0.25, -0.2) is 13.2 Å². The Balaban J connectivity index is 1.68. The standard InChI is InChI=1S/C24H28N4O6S/c25-27-15-24(23(30)31,35(32,33)19-4-2-1-3-5-19)22(29)21-13-17-12-18(6-7-20(17)28-21)34-14-16-8-10-26-11-9-16/h1-7,12-13,16,26-28H,8-11,14-15,25H2,(H,30,31)/t24-/m0/s1. The van der Waals surface area contributed by atoms with Crippen LogP contribution in [-0.4, -0.2) is 61.2 Å². The summed E-state index contributed by atoms with van der Waals surface area (Å²) in [6, 6.07) is 13.6. The summed E-state index contributed by atoms with van der Waals surface area (Å²) in [6.45, 7) is 1.68. The molecule has 1 aliphatic heterocycles. The number of ketones is 1. The number of carboxylic acid groups (broad SMARTS) is 1. The number of aromatic amines is 1. The minimum Gasteiger partial charge on any atom is -0.493 e. The summed E-state index contributed by atoms with van der Waals surface area (Å²) >= 11 is 0. The van der Waals surface area contributed by atoms with E-state index < -0.39 is 32.9 Å². The van der Waals surface area contributed by atoms with Crippen LogP contribution in [0.4, 0.5) is 0 Å². The predicted molar refractivity (Wildman–Crippen MR) is 130 cm³/mol. The van der Waals surface area contributed by atoms with Gasteiger partial charge in [-0.05, 0) is 68.2 Å². The molecule has 0 radical (unpaired) electrons. The molecule has 35 heavy (non-hydrogen) atoms. The smallest absolute Gasteiger partial charge is 0.335 e. The van der Waals surface area contributed by atoms with Gasteiger partial charge in [-0.1, -0.05) is 18.2 Å². The van der Waals surface area contributed by atoms with Crippen molar-refractivity contribution >= 4 is 32.5 Å². The molecule has 0 amide bonds. The first-order chi connectivity index (χ1) is 16.8. The Labute approximate surface area is 202 Å². The Morgan fingerprint density at radius 1 is 1.11 bits per heavy atom. The van der Waals surface area contributed by atoms with Crippen molar-refractivity contribution in [3.05, 3.63) is 60.3 Å². The van der Waals surface area contributed by atoms with Crippen LogP contribution in [0.3, 0.4) is 0 Å². The van der Waals surface area contributed by atoms with E-state index in [2.05, 4.69) is 15.7 Å². The fourth-order valence-electron chi connectivity index (χ4n) is 4.33. The van der Waals surface area contributed by atoms with Crippen molar-refractivity contribution in [2.75, 3.05) is 26.2 Å². The first-order valence-electron chi connectivity index (χ1n) is 11.3. The summed E-state index contributed by atoms with van der Waals surface area (Å²) in [5.74, 6) is 3.49. The molecule has 0 spiro atoms. The number of hydrogen-bond acceptors (Lipinski definition) is 8. The second-order valence-electron chi connectivity index (χ2n) is 8.60. The van der Waals surface area contributed by atoms with E-state index in [1.807, 2.05) is 0 Å². The van der Waals surface area contributed by atoms with Gasteiger partial charge in [-0.3, -0.25) is 16.1 Å². The number of carboxylic acids is 1. The quantitative estimate of drug-likeness (QED) is 0.120. The third-order valence-corrected chi connectivity index (χ3v) is 8.67. The minimum absolute atomic E-state index is 0.160. The van der Waals surface area contributed by atoms with E-state index in [9.17, 15) is 23.1 Å². The van der Waals surface area contributed by atoms with E-state index >= 15 is 0 Å². The number of aliphatic carboxylic acids is 1. The van der Waals surface area contributed by atoms with E-state index in [0.29, 0.717) is 29.2 Å². The molecule has 3 aromatic rings. The molecule has 186 valence electrons. The SMILES string of the molecule is NNC[C@@](C(=O)O)(C(=O)c1cc2cc(OCC3CCNCC3)ccc2[nH]1)S(=O)(=O)c1ccccc1. The van der Waals surface area contributed by atoms with E-state index in [4.69, 9.17) is 10.6 Å². The molecule has 4 rings (SSSR count). The Morgan fingerprint density at radius 3 is 2.49 bits per heavy atom. The van der Waals surface area contributed by atoms with Crippen molar-refractivity contribution in [1.29, 1.82) is 0 Å². The number of hydrogen-bond donors (Lipinski definition) is 5. The molecule has 2 aromatic carbocycles. The molecule has 1 aromatic heterocycles. The first kappa shape index (κ1) is 24.9.